The average molecular weight is 243 g/mol. The maximum absolute atomic E-state index is 11.3. The molecule has 5 heteroatoms. The summed E-state index contributed by atoms with van der Waals surface area (Å²) in [6, 6.07) is 8.39. The summed E-state index contributed by atoms with van der Waals surface area (Å²) in [5, 5.41) is 2.97. The van der Waals surface area contributed by atoms with Crippen LogP contribution in [0.2, 0.25) is 0 Å². The first-order valence-electron chi connectivity index (χ1n) is 5.50. The lowest BCUT2D eigenvalue weighted by molar-refractivity contribution is 0.101. The molecule has 2 N–H and O–H groups in total. The van der Waals surface area contributed by atoms with Gasteiger partial charge in [0.05, 0.1) is 0 Å². The molecule has 18 heavy (non-hydrogen) atoms. The molecule has 0 saturated heterocycles. The number of aromatic amines is 1. The van der Waals surface area contributed by atoms with Crippen LogP contribution in [0.5, 0.6) is 0 Å². The second-order valence-corrected chi connectivity index (χ2v) is 3.99. The minimum Gasteiger partial charge on any atom is -0.326 e. The Morgan fingerprint density at radius 2 is 1.94 bits per heavy atom. The molecule has 0 spiro atoms. The summed E-state index contributed by atoms with van der Waals surface area (Å²) >= 11 is 0. The van der Waals surface area contributed by atoms with E-state index in [-0.39, 0.29) is 11.3 Å². The fraction of sp³-hybridized carbons (Fsp3) is 0.154. The first-order valence-corrected chi connectivity index (χ1v) is 5.50. The maximum atomic E-state index is 11.3. The molecule has 0 amide bonds. The van der Waals surface area contributed by atoms with Gasteiger partial charge in [-0.3, -0.25) is 14.6 Å². The van der Waals surface area contributed by atoms with Gasteiger partial charge in [-0.15, -0.1) is 0 Å². The molecule has 1 heterocycles. The number of benzene rings is 1. The van der Waals surface area contributed by atoms with E-state index >= 15 is 0 Å². The van der Waals surface area contributed by atoms with Crippen LogP contribution in [0.25, 0.3) is 0 Å². The Kier molecular flexibility index (Phi) is 3.23. The normalized spacial score (nSPS) is 10.1. The van der Waals surface area contributed by atoms with Crippen LogP contribution in [0, 0.1) is 6.92 Å². The van der Waals surface area contributed by atoms with Crippen LogP contribution in [0.1, 0.15) is 23.0 Å². The fourth-order valence-electron chi connectivity index (χ4n) is 1.56. The van der Waals surface area contributed by atoms with E-state index in [2.05, 4.69) is 15.3 Å². The zero-order chi connectivity index (χ0) is 13.1. The van der Waals surface area contributed by atoms with Gasteiger partial charge in [0, 0.05) is 23.0 Å². The Labute approximate surface area is 104 Å². The van der Waals surface area contributed by atoms with Crippen LogP contribution in [-0.2, 0) is 0 Å². The smallest absolute Gasteiger partial charge is 0.252 e. The van der Waals surface area contributed by atoms with E-state index < -0.39 is 0 Å². The molecule has 0 aliphatic heterocycles. The van der Waals surface area contributed by atoms with E-state index in [0.29, 0.717) is 17.2 Å². The summed E-state index contributed by atoms with van der Waals surface area (Å²) < 4.78 is 0. The number of carbonyl (C=O) groups is 1. The lowest BCUT2D eigenvalue weighted by Crippen LogP contribution is -2.10. The van der Waals surface area contributed by atoms with Crippen molar-refractivity contribution >= 4 is 17.4 Å². The third-order valence-electron chi connectivity index (χ3n) is 2.42. The molecule has 5 nitrogen and oxygen atoms in total. The number of rotatable bonds is 3. The Bertz CT molecular complexity index is 629. The fourth-order valence-corrected chi connectivity index (χ4v) is 1.56. The quantitative estimate of drug-likeness (QED) is 0.809. The number of hydrogen-bond acceptors (Lipinski definition) is 4. The van der Waals surface area contributed by atoms with Crippen LogP contribution in [0.4, 0.5) is 11.6 Å². The second kappa shape index (κ2) is 4.83. The number of aryl methyl sites for hydroxylation is 1. The van der Waals surface area contributed by atoms with Crippen molar-refractivity contribution in [3.8, 4) is 0 Å². The van der Waals surface area contributed by atoms with E-state index in [4.69, 9.17) is 0 Å². The lowest BCUT2D eigenvalue weighted by atomic mass is 10.1. The van der Waals surface area contributed by atoms with E-state index in [0.717, 1.165) is 5.69 Å². The predicted octanol–water partition coefficient (Wildman–Crippen LogP) is 2.02. The Balaban J connectivity index is 2.23. The van der Waals surface area contributed by atoms with Gasteiger partial charge in [-0.1, -0.05) is 0 Å². The molecule has 0 unspecified atom stereocenters. The lowest BCUT2D eigenvalue weighted by Gasteiger charge is -2.06. The largest absolute Gasteiger partial charge is 0.326 e. The van der Waals surface area contributed by atoms with Crippen LogP contribution >= 0.6 is 0 Å². The van der Waals surface area contributed by atoms with E-state index in [1.807, 2.05) is 0 Å². The van der Waals surface area contributed by atoms with Crippen molar-refractivity contribution in [2.75, 3.05) is 5.32 Å². The summed E-state index contributed by atoms with van der Waals surface area (Å²) in [5.74, 6) is 0.402. The van der Waals surface area contributed by atoms with E-state index in [9.17, 15) is 9.59 Å². The highest BCUT2D eigenvalue weighted by Crippen LogP contribution is 2.13. The molecule has 0 aliphatic carbocycles. The topological polar surface area (TPSA) is 74.8 Å². The van der Waals surface area contributed by atoms with Gasteiger partial charge in [0.25, 0.3) is 5.56 Å². The second-order valence-electron chi connectivity index (χ2n) is 3.99. The molecule has 0 saturated carbocycles. The molecular weight excluding hydrogens is 230 g/mol. The van der Waals surface area contributed by atoms with Gasteiger partial charge in [0.1, 0.15) is 0 Å². The minimum atomic E-state index is -0.203. The van der Waals surface area contributed by atoms with Gasteiger partial charge in [-0.2, -0.15) is 0 Å². The molecule has 0 atom stereocenters. The molecule has 0 radical (unpaired) electrons. The van der Waals surface area contributed by atoms with Crippen molar-refractivity contribution < 1.29 is 4.79 Å². The zero-order valence-corrected chi connectivity index (χ0v) is 10.2. The number of H-pyrrole nitrogens is 1. The molecule has 0 aliphatic rings. The van der Waals surface area contributed by atoms with Gasteiger partial charge >= 0.3 is 0 Å². The van der Waals surface area contributed by atoms with E-state index in [1.165, 1.54) is 13.0 Å². The van der Waals surface area contributed by atoms with Gasteiger partial charge in [0.15, 0.2) is 5.78 Å². The SMILES string of the molecule is CC(=O)c1ccc(Nc2nc(C)cc(=O)[nH]2)cc1. The third kappa shape index (κ3) is 2.82. The number of ketones is 1. The number of aromatic nitrogens is 2. The standard InChI is InChI=1S/C13H13N3O2/c1-8-7-12(18)16-13(14-8)15-11-5-3-10(4-6-11)9(2)17/h3-7H,1-2H3,(H2,14,15,16,18). The van der Waals surface area contributed by atoms with Crippen molar-refractivity contribution in [3.05, 3.63) is 51.9 Å². The number of nitrogens with one attached hydrogen (secondary N) is 2. The van der Waals surface area contributed by atoms with Gasteiger partial charge in [0.2, 0.25) is 5.95 Å². The Hall–Kier alpha value is -2.43. The van der Waals surface area contributed by atoms with Crippen molar-refractivity contribution in [1.82, 2.24) is 9.97 Å². The summed E-state index contributed by atoms with van der Waals surface area (Å²) in [6.45, 7) is 3.27. The maximum Gasteiger partial charge on any atom is 0.252 e. The highest BCUT2D eigenvalue weighted by Gasteiger charge is 2.01. The predicted molar refractivity (Wildman–Crippen MR) is 69.3 cm³/mol. The molecule has 0 bridgehead atoms. The third-order valence-corrected chi connectivity index (χ3v) is 2.42. The van der Waals surface area contributed by atoms with Crippen LogP contribution < -0.4 is 10.9 Å². The summed E-state index contributed by atoms with van der Waals surface area (Å²) in [5.41, 5.74) is 1.84. The Morgan fingerprint density at radius 3 is 2.50 bits per heavy atom. The number of hydrogen-bond donors (Lipinski definition) is 2. The molecule has 1 aromatic carbocycles. The molecular formula is C13H13N3O2. The van der Waals surface area contributed by atoms with Crippen molar-refractivity contribution in [2.45, 2.75) is 13.8 Å². The highest BCUT2D eigenvalue weighted by atomic mass is 16.1. The van der Waals surface area contributed by atoms with Gasteiger partial charge in [-0.25, -0.2) is 4.98 Å². The van der Waals surface area contributed by atoms with Gasteiger partial charge in [-0.05, 0) is 38.1 Å². The van der Waals surface area contributed by atoms with Crippen molar-refractivity contribution in [2.24, 2.45) is 0 Å². The molecule has 1 aromatic heterocycles. The first kappa shape index (κ1) is 12.0. The van der Waals surface area contributed by atoms with Crippen molar-refractivity contribution in [1.29, 1.82) is 0 Å². The highest BCUT2D eigenvalue weighted by molar-refractivity contribution is 5.94. The molecule has 2 rings (SSSR count). The number of carbonyl (C=O) groups excluding carboxylic acids is 1. The summed E-state index contributed by atoms with van der Waals surface area (Å²) in [4.78, 5) is 29.1. The molecule has 0 fully saturated rings. The summed E-state index contributed by atoms with van der Waals surface area (Å²) in [6.07, 6.45) is 0. The molecule has 2 aromatic rings. The van der Waals surface area contributed by atoms with Gasteiger partial charge < -0.3 is 5.32 Å². The van der Waals surface area contributed by atoms with Crippen molar-refractivity contribution in [3.63, 3.8) is 0 Å². The number of Topliss-reactive ketones (excluding diaryl/α,β-unsaturated/α-hetero) is 1. The minimum absolute atomic E-state index is 0.0173. The number of anilines is 2. The zero-order valence-electron chi connectivity index (χ0n) is 10.2. The average Bonchev–Trinajstić information content (AvgIpc) is 2.28. The van der Waals surface area contributed by atoms with Crippen LogP contribution in [0.15, 0.2) is 35.1 Å². The van der Waals surface area contributed by atoms with E-state index in [1.54, 1.807) is 31.2 Å². The first-order chi connectivity index (χ1) is 8.54. The monoisotopic (exact) mass is 243 g/mol. The number of nitrogens with zero attached hydrogens (tertiary/aromatic N) is 1. The molecule has 92 valence electrons. The Morgan fingerprint density at radius 1 is 1.28 bits per heavy atom. The van der Waals surface area contributed by atoms with Crippen LogP contribution in [0.3, 0.4) is 0 Å². The summed E-state index contributed by atoms with van der Waals surface area (Å²) in [7, 11) is 0. The van der Waals surface area contributed by atoms with Crippen LogP contribution in [-0.4, -0.2) is 15.8 Å².